The zero-order valence-electron chi connectivity index (χ0n) is 7.93. The Morgan fingerprint density at radius 3 is 3.07 bits per heavy atom. The summed E-state index contributed by atoms with van der Waals surface area (Å²) < 4.78 is 0. The molecule has 0 amide bonds. The van der Waals surface area contributed by atoms with Crippen molar-refractivity contribution in [2.75, 3.05) is 11.4 Å². The number of hydrogen-bond acceptors (Lipinski definition) is 2. The van der Waals surface area contributed by atoms with Gasteiger partial charge in [0.1, 0.15) is 5.82 Å². The van der Waals surface area contributed by atoms with Gasteiger partial charge in [-0.15, -0.1) is 0 Å². The lowest BCUT2D eigenvalue weighted by atomic mass is 10.2. The average molecular weight is 184 g/mol. The molecule has 0 aliphatic carbocycles. The highest BCUT2D eigenvalue weighted by atomic mass is 15.2. The molecule has 1 aliphatic heterocycles. The van der Waals surface area contributed by atoms with Crippen molar-refractivity contribution in [3.8, 4) is 0 Å². The van der Waals surface area contributed by atoms with Crippen LogP contribution in [0.1, 0.15) is 0 Å². The third-order valence-corrected chi connectivity index (χ3v) is 2.14. The summed E-state index contributed by atoms with van der Waals surface area (Å²) in [7, 11) is 0. The van der Waals surface area contributed by atoms with E-state index in [2.05, 4.69) is 22.5 Å². The van der Waals surface area contributed by atoms with Crippen molar-refractivity contribution in [3.63, 3.8) is 0 Å². The Labute approximate surface area is 83.9 Å². The average Bonchev–Trinajstić information content (AvgIpc) is 2.30. The maximum absolute atomic E-state index is 4.30. The van der Waals surface area contributed by atoms with E-state index in [0.717, 1.165) is 18.1 Å². The molecule has 0 saturated heterocycles. The van der Waals surface area contributed by atoms with Crippen LogP contribution >= 0.6 is 0 Å². The van der Waals surface area contributed by atoms with Gasteiger partial charge in [0.25, 0.3) is 0 Å². The van der Waals surface area contributed by atoms with Crippen LogP contribution in [-0.4, -0.2) is 11.5 Å². The van der Waals surface area contributed by atoms with Crippen molar-refractivity contribution >= 4 is 5.82 Å². The molecule has 1 aliphatic rings. The van der Waals surface area contributed by atoms with Crippen molar-refractivity contribution in [2.45, 2.75) is 0 Å². The molecule has 14 heavy (non-hydrogen) atoms. The van der Waals surface area contributed by atoms with Crippen LogP contribution in [0.3, 0.4) is 0 Å². The van der Waals surface area contributed by atoms with E-state index < -0.39 is 0 Å². The molecule has 0 fully saturated rings. The molecule has 70 valence electrons. The molecule has 2 heteroatoms. The van der Waals surface area contributed by atoms with Crippen LogP contribution in [0.2, 0.25) is 0 Å². The number of nitrogens with zero attached hydrogens (tertiary/aromatic N) is 2. The van der Waals surface area contributed by atoms with E-state index in [1.807, 2.05) is 36.4 Å². The second-order valence-electron chi connectivity index (χ2n) is 3.02. The maximum Gasteiger partial charge on any atom is 0.133 e. The summed E-state index contributed by atoms with van der Waals surface area (Å²) in [5, 5.41) is 0. The predicted molar refractivity (Wildman–Crippen MR) is 59.0 cm³/mol. The quantitative estimate of drug-likeness (QED) is 0.702. The van der Waals surface area contributed by atoms with Gasteiger partial charge in [-0.05, 0) is 24.3 Å². The van der Waals surface area contributed by atoms with E-state index >= 15 is 0 Å². The third kappa shape index (κ3) is 1.59. The van der Waals surface area contributed by atoms with E-state index in [9.17, 15) is 0 Å². The van der Waals surface area contributed by atoms with Gasteiger partial charge in [0, 0.05) is 18.4 Å². The monoisotopic (exact) mass is 184 g/mol. The molecule has 0 atom stereocenters. The SMILES string of the molecule is C=CC1=CC=CCN1c1ccccn1. The topological polar surface area (TPSA) is 16.1 Å². The smallest absolute Gasteiger partial charge is 0.133 e. The Hall–Kier alpha value is -1.83. The van der Waals surface area contributed by atoms with Gasteiger partial charge in [0.15, 0.2) is 0 Å². The van der Waals surface area contributed by atoms with E-state index in [1.54, 1.807) is 6.20 Å². The number of rotatable bonds is 2. The van der Waals surface area contributed by atoms with Crippen LogP contribution in [0, 0.1) is 0 Å². The molecule has 0 spiro atoms. The van der Waals surface area contributed by atoms with Crippen molar-refractivity contribution in [3.05, 3.63) is 61.0 Å². The highest BCUT2D eigenvalue weighted by molar-refractivity contribution is 5.52. The minimum Gasteiger partial charge on any atom is -0.323 e. The van der Waals surface area contributed by atoms with Gasteiger partial charge in [0.05, 0.1) is 0 Å². The Morgan fingerprint density at radius 2 is 2.36 bits per heavy atom. The summed E-state index contributed by atoms with van der Waals surface area (Å²) >= 11 is 0. The second-order valence-corrected chi connectivity index (χ2v) is 3.02. The van der Waals surface area contributed by atoms with Gasteiger partial charge >= 0.3 is 0 Å². The highest BCUT2D eigenvalue weighted by Crippen LogP contribution is 2.18. The molecule has 2 heterocycles. The molecule has 0 bridgehead atoms. The first kappa shape index (κ1) is 8.75. The zero-order valence-corrected chi connectivity index (χ0v) is 7.93. The van der Waals surface area contributed by atoms with Crippen LogP contribution in [-0.2, 0) is 0 Å². The van der Waals surface area contributed by atoms with Gasteiger partial charge in [-0.3, -0.25) is 0 Å². The van der Waals surface area contributed by atoms with E-state index in [1.165, 1.54) is 0 Å². The minimum absolute atomic E-state index is 0.856. The largest absolute Gasteiger partial charge is 0.323 e. The second kappa shape index (κ2) is 3.92. The molecule has 0 radical (unpaired) electrons. The molecule has 2 rings (SSSR count). The summed E-state index contributed by atoms with van der Waals surface area (Å²) in [6.45, 7) is 4.64. The highest BCUT2D eigenvalue weighted by Gasteiger charge is 2.10. The van der Waals surface area contributed by atoms with Crippen LogP contribution in [0.4, 0.5) is 5.82 Å². The van der Waals surface area contributed by atoms with Crippen LogP contribution in [0.15, 0.2) is 61.0 Å². The lowest BCUT2D eigenvalue weighted by molar-refractivity contribution is 0.988. The lowest BCUT2D eigenvalue weighted by Crippen LogP contribution is -2.24. The van der Waals surface area contributed by atoms with E-state index in [4.69, 9.17) is 0 Å². The first-order chi connectivity index (χ1) is 6.92. The first-order valence-corrected chi connectivity index (χ1v) is 4.59. The third-order valence-electron chi connectivity index (χ3n) is 2.14. The van der Waals surface area contributed by atoms with Gasteiger partial charge in [-0.25, -0.2) is 4.98 Å². The van der Waals surface area contributed by atoms with Gasteiger partial charge in [-0.2, -0.15) is 0 Å². The Balaban J connectivity index is 2.32. The maximum atomic E-state index is 4.30. The molecule has 2 nitrogen and oxygen atoms in total. The molecule has 0 N–H and O–H groups in total. The number of allylic oxidation sites excluding steroid dienone is 3. The van der Waals surface area contributed by atoms with Gasteiger partial charge in [-0.1, -0.05) is 24.8 Å². The fourth-order valence-corrected chi connectivity index (χ4v) is 1.45. The van der Waals surface area contributed by atoms with E-state index in [-0.39, 0.29) is 0 Å². The standard InChI is InChI=1S/C12H12N2/c1-2-11-7-4-6-10-14(11)12-8-3-5-9-13-12/h2-9H,1,10H2. The summed E-state index contributed by atoms with van der Waals surface area (Å²) in [6.07, 6.45) is 9.82. The van der Waals surface area contributed by atoms with Gasteiger partial charge in [0.2, 0.25) is 0 Å². The Morgan fingerprint density at radius 1 is 1.43 bits per heavy atom. The lowest BCUT2D eigenvalue weighted by Gasteiger charge is -2.24. The van der Waals surface area contributed by atoms with Crippen LogP contribution in [0.25, 0.3) is 0 Å². The van der Waals surface area contributed by atoms with Crippen molar-refractivity contribution in [2.24, 2.45) is 0 Å². The Bertz CT molecular complexity index is 377. The predicted octanol–water partition coefficient (Wildman–Crippen LogP) is 2.53. The minimum atomic E-state index is 0.856. The first-order valence-electron chi connectivity index (χ1n) is 4.59. The summed E-state index contributed by atoms with van der Waals surface area (Å²) in [6, 6.07) is 5.90. The number of pyridine rings is 1. The molecular weight excluding hydrogens is 172 g/mol. The van der Waals surface area contributed by atoms with E-state index in [0.29, 0.717) is 0 Å². The Kier molecular flexibility index (Phi) is 2.45. The molecule has 0 aromatic carbocycles. The number of hydrogen-bond donors (Lipinski definition) is 0. The number of aromatic nitrogens is 1. The van der Waals surface area contributed by atoms with Crippen molar-refractivity contribution in [1.29, 1.82) is 0 Å². The molecule has 0 unspecified atom stereocenters. The fourth-order valence-electron chi connectivity index (χ4n) is 1.45. The molecule has 1 aromatic heterocycles. The summed E-state index contributed by atoms with van der Waals surface area (Å²) in [5.41, 5.74) is 1.09. The fraction of sp³-hybridized carbons (Fsp3) is 0.0833. The van der Waals surface area contributed by atoms with Gasteiger partial charge < -0.3 is 4.90 Å². The molecule has 1 aromatic rings. The van der Waals surface area contributed by atoms with Crippen LogP contribution < -0.4 is 4.90 Å². The molecular formula is C12H12N2. The van der Waals surface area contributed by atoms with Crippen LogP contribution in [0.5, 0.6) is 0 Å². The molecule has 0 saturated carbocycles. The zero-order chi connectivity index (χ0) is 9.80. The summed E-state index contributed by atoms with van der Waals surface area (Å²) in [5.74, 6) is 0.961. The normalized spacial score (nSPS) is 15.1. The number of anilines is 1. The summed E-state index contributed by atoms with van der Waals surface area (Å²) in [4.78, 5) is 6.42. The van der Waals surface area contributed by atoms with Crippen molar-refractivity contribution < 1.29 is 0 Å². The van der Waals surface area contributed by atoms with Crippen molar-refractivity contribution in [1.82, 2.24) is 4.98 Å².